The van der Waals surface area contributed by atoms with Crippen LogP contribution in [-0.4, -0.2) is 53.3 Å². The number of pyridine rings is 1. The number of aliphatic imine (C=N–C) groups is 1. The van der Waals surface area contributed by atoms with Crippen LogP contribution < -0.4 is 15.5 Å². The van der Waals surface area contributed by atoms with Gasteiger partial charge in [-0.1, -0.05) is 24.3 Å². The fourth-order valence-corrected chi connectivity index (χ4v) is 3.65. The van der Waals surface area contributed by atoms with Crippen LogP contribution >= 0.6 is 0 Å². The van der Waals surface area contributed by atoms with Gasteiger partial charge in [-0.05, 0) is 37.1 Å². The average molecular weight is 377 g/mol. The zero-order chi connectivity index (χ0) is 19.2. The molecule has 7 nitrogen and oxygen atoms in total. The van der Waals surface area contributed by atoms with Crippen LogP contribution in [0.2, 0.25) is 0 Å². The minimum Gasteiger partial charge on any atom is -0.369 e. The van der Waals surface area contributed by atoms with E-state index < -0.39 is 0 Å². The first kappa shape index (κ1) is 18.3. The van der Waals surface area contributed by atoms with E-state index in [9.17, 15) is 0 Å². The lowest BCUT2D eigenvalue weighted by Crippen LogP contribution is -2.44. The number of aromatic nitrogens is 3. The third kappa shape index (κ3) is 4.24. The number of para-hydroxylation sites is 1. The molecule has 1 fully saturated rings. The summed E-state index contributed by atoms with van der Waals surface area (Å²) in [5, 5.41) is 15.5. The molecular formula is C21H27N7. The van der Waals surface area contributed by atoms with Gasteiger partial charge < -0.3 is 15.5 Å². The molecule has 0 radical (unpaired) electrons. The van der Waals surface area contributed by atoms with Crippen LogP contribution in [0.25, 0.3) is 5.65 Å². The first-order chi connectivity index (χ1) is 13.8. The number of aryl methyl sites for hydroxylation is 1. The van der Waals surface area contributed by atoms with Gasteiger partial charge in [-0.25, -0.2) is 0 Å². The molecule has 4 rings (SSSR count). The molecule has 2 N–H and O–H groups in total. The number of benzene rings is 1. The number of nitrogens with zero attached hydrogens (tertiary/aromatic N) is 5. The maximum Gasteiger partial charge on any atom is 0.191 e. The highest BCUT2D eigenvalue weighted by Crippen LogP contribution is 2.19. The summed E-state index contributed by atoms with van der Waals surface area (Å²) >= 11 is 0. The Balaban J connectivity index is 1.22. The predicted octanol–water partition coefficient (Wildman–Crippen LogP) is 2.11. The van der Waals surface area contributed by atoms with Gasteiger partial charge in [-0.3, -0.25) is 9.39 Å². The summed E-state index contributed by atoms with van der Waals surface area (Å²) in [5.74, 6) is 1.86. The highest BCUT2D eigenvalue weighted by Gasteiger charge is 2.23. The summed E-state index contributed by atoms with van der Waals surface area (Å²) in [5.41, 5.74) is 2.18. The summed E-state index contributed by atoms with van der Waals surface area (Å²) in [6.07, 6.45) is 4.97. The van der Waals surface area contributed by atoms with Crippen LogP contribution in [-0.2, 0) is 6.42 Å². The van der Waals surface area contributed by atoms with Gasteiger partial charge in [0.15, 0.2) is 11.6 Å². The fourth-order valence-electron chi connectivity index (χ4n) is 3.65. The van der Waals surface area contributed by atoms with Crippen molar-refractivity contribution in [1.82, 2.24) is 25.2 Å². The van der Waals surface area contributed by atoms with Gasteiger partial charge in [-0.15, -0.1) is 10.2 Å². The molecule has 1 unspecified atom stereocenters. The van der Waals surface area contributed by atoms with E-state index in [0.717, 1.165) is 56.3 Å². The molecule has 0 spiro atoms. The number of rotatable bonds is 6. The summed E-state index contributed by atoms with van der Waals surface area (Å²) in [6.45, 7) is 2.91. The summed E-state index contributed by atoms with van der Waals surface area (Å²) < 4.78 is 2.05. The number of nitrogens with one attached hydrogen (secondary N) is 2. The Morgan fingerprint density at radius 3 is 2.86 bits per heavy atom. The van der Waals surface area contributed by atoms with Gasteiger partial charge in [0.2, 0.25) is 0 Å². The van der Waals surface area contributed by atoms with Crippen molar-refractivity contribution in [2.75, 3.05) is 31.6 Å². The normalized spacial score (nSPS) is 17.2. The number of fused-ring (bicyclic) bond motifs is 1. The number of anilines is 1. The van der Waals surface area contributed by atoms with E-state index in [4.69, 9.17) is 0 Å². The lowest BCUT2D eigenvalue weighted by atomic mass is 10.2. The number of guanidine groups is 1. The molecule has 7 heteroatoms. The molecule has 0 bridgehead atoms. The van der Waals surface area contributed by atoms with Gasteiger partial charge in [0.05, 0.1) is 0 Å². The molecule has 2 aromatic heterocycles. The van der Waals surface area contributed by atoms with Crippen molar-refractivity contribution in [2.45, 2.75) is 25.3 Å². The molecule has 3 heterocycles. The lowest BCUT2D eigenvalue weighted by Gasteiger charge is -2.20. The molecule has 1 aliphatic rings. The molecule has 0 amide bonds. The van der Waals surface area contributed by atoms with Crippen LogP contribution in [0.1, 0.15) is 18.7 Å². The second-order valence-corrected chi connectivity index (χ2v) is 7.06. The minimum absolute atomic E-state index is 0.409. The highest BCUT2D eigenvalue weighted by molar-refractivity contribution is 5.80. The quantitative estimate of drug-likeness (QED) is 0.391. The van der Waals surface area contributed by atoms with Gasteiger partial charge in [-0.2, -0.15) is 0 Å². The van der Waals surface area contributed by atoms with E-state index in [-0.39, 0.29) is 0 Å². The Bertz CT molecular complexity index is 919. The van der Waals surface area contributed by atoms with Crippen LogP contribution in [0.3, 0.4) is 0 Å². The molecule has 0 saturated carbocycles. The molecule has 1 atom stereocenters. The molecule has 0 aliphatic carbocycles. The second-order valence-electron chi connectivity index (χ2n) is 7.06. The predicted molar refractivity (Wildman–Crippen MR) is 113 cm³/mol. The van der Waals surface area contributed by atoms with Crippen molar-refractivity contribution in [2.24, 2.45) is 4.99 Å². The Morgan fingerprint density at radius 2 is 2.00 bits per heavy atom. The molecule has 146 valence electrons. The SMILES string of the molecule is CN=C(NCCCc1nnc2ccccn12)NC1CCN(c2ccccc2)C1. The van der Waals surface area contributed by atoms with Gasteiger partial charge in [0.25, 0.3) is 0 Å². The van der Waals surface area contributed by atoms with Crippen LogP contribution in [0.15, 0.2) is 59.7 Å². The minimum atomic E-state index is 0.409. The third-order valence-corrected chi connectivity index (χ3v) is 5.13. The number of hydrogen-bond donors (Lipinski definition) is 2. The lowest BCUT2D eigenvalue weighted by molar-refractivity contribution is 0.640. The van der Waals surface area contributed by atoms with Crippen molar-refractivity contribution in [3.05, 3.63) is 60.6 Å². The van der Waals surface area contributed by atoms with Crippen LogP contribution in [0.5, 0.6) is 0 Å². The fraction of sp³-hybridized carbons (Fsp3) is 0.381. The zero-order valence-electron chi connectivity index (χ0n) is 16.3. The van der Waals surface area contributed by atoms with E-state index in [1.54, 1.807) is 0 Å². The van der Waals surface area contributed by atoms with Crippen molar-refractivity contribution < 1.29 is 0 Å². The maximum absolute atomic E-state index is 4.38. The zero-order valence-corrected chi connectivity index (χ0v) is 16.3. The monoisotopic (exact) mass is 377 g/mol. The van der Waals surface area contributed by atoms with Gasteiger partial charge in [0.1, 0.15) is 5.82 Å². The third-order valence-electron chi connectivity index (χ3n) is 5.13. The summed E-state index contributed by atoms with van der Waals surface area (Å²) in [6, 6.07) is 16.9. The molecule has 1 aliphatic heterocycles. The van der Waals surface area contributed by atoms with Gasteiger partial charge >= 0.3 is 0 Å². The van der Waals surface area contributed by atoms with E-state index >= 15 is 0 Å². The first-order valence-corrected chi connectivity index (χ1v) is 9.89. The van der Waals surface area contributed by atoms with Crippen molar-refractivity contribution >= 4 is 17.3 Å². The Kier molecular flexibility index (Phi) is 5.70. The van der Waals surface area contributed by atoms with E-state index in [2.05, 4.69) is 61.1 Å². The van der Waals surface area contributed by atoms with Gasteiger partial charge in [0, 0.05) is 51.0 Å². The van der Waals surface area contributed by atoms with Crippen LogP contribution in [0, 0.1) is 0 Å². The molecule has 1 aromatic carbocycles. The second kappa shape index (κ2) is 8.73. The Morgan fingerprint density at radius 1 is 1.14 bits per heavy atom. The van der Waals surface area contributed by atoms with Crippen LogP contribution in [0.4, 0.5) is 5.69 Å². The highest BCUT2D eigenvalue weighted by atomic mass is 15.3. The Labute approximate surface area is 165 Å². The number of hydrogen-bond acceptors (Lipinski definition) is 4. The summed E-state index contributed by atoms with van der Waals surface area (Å²) in [4.78, 5) is 6.79. The van der Waals surface area contributed by atoms with E-state index in [1.165, 1.54) is 5.69 Å². The largest absolute Gasteiger partial charge is 0.369 e. The van der Waals surface area contributed by atoms with Crippen molar-refractivity contribution in [3.63, 3.8) is 0 Å². The smallest absolute Gasteiger partial charge is 0.191 e. The standard InChI is InChI=1S/C21H27N7/c1-22-21(24-17-12-15-27(16-17)18-8-3-2-4-9-18)23-13-7-11-20-26-25-19-10-5-6-14-28(19)20/h2-6,8-10,14,17H,7,11-13,15-16H2,1H3,(H2,22,23,24). The van der Waals surface area contributed by atoms with E-state index in [1.807, 2.05) is 35.8 Å². The first-order valence-electron chi connectivity index (χ1n) is 9.89. The molecular weight excluding hydrogens is 350 g/mol. The summed E-state index contributed by atoms with van der Waals surface area (Å²) in [7, 11) is 1.82. The maximum atomic E-state index is 4.38. The van der Waals surface area contributed by atoms with Crippen molar-refractivity contribution in [3.8, 4) is 0 Å². The molecule has 3 aromatic rings. The Hall–Kier alpha value is -3.09. The van der Waals surface area contributed by atoms with Crippen molar-refractivity contribution in [1.29, 1.82) is 0 Å². The molecule has 28 heavy (non-hydrogen) atoms. The average Bonchev–Trinajstić information content (AvgIpc) is 3.38. The molecule has 1 saturated heterocycles. The topological polar surface area (TPSA) is 69.8 Å². The van der Waals surface area contributed by atoms with E-state index in [0.29, 0.717) is 6.04 Å².